The topological polar surface area (TPSA) is 135 Å². The van der Waals surface area contributed by atoms with Crippen molar-refractivity contribution >= 4 is 45.0 Å². The maximum Gasteiger partial charge on any atom is 0.240 e. The van der Waals surface area contributed by atoms with Crippen LogP contribution in [0.2, 0.25) is 10.0 Å². The van der Waals surface area contributed by atoms with Gasteiger partial charge in [-0.15, -0.1) is 0 Å². The fourth-order valence-electron chi connectivity index (χ4n) is 4.83. The number of likely N-dealkylation sites (N-methyl/N-ethyl adjacent to an activating group) is 1. The number of nitrogens with zero attached hydrogens (tertiary/aromatic N) is 1. The zero-order valence-corrected chi connectivity index (χ0v) is 28.2. The molecule has 1 aliphatic heterocycles. The zero-order valence-electron chi connectivity index (χ0n) is 25.9. The summed E-state index contributed by atoms with van der Waals surface area (Å²) in [6.45, 7) is 6.35. The molecule has 45 heavy (non-hydrogen) atoms. The molecule has 2 aromatic rings. The summed E-state index contributed by atoms with van der Waals surface area (Å²) < 4.78 is 45.0. The highest BCUT2D eigenvalue weighted by atomic mass is 35.5. The Morgan fingerprint density at radius 2 is 1.51 bits per heavy atom. The molecule has 0 saturated carbocycles. The lowest BCUT2D eigenvalue weighted by Crippen LogP contribution is -2.31. The van der Waals surface area contributed by atoms with Crippen molar-refractivity contribution in [2.24, 2.45) is 0 Å². The highest BCUT2D eigenvalue weighted by molar-refractivity contribution is 7.89. The maximum absolute atomic E-state index is 13.0. The van der Waals surface area contributed by atoms with Gasteiger partial charge in [0.2, 0.25) is 21.8 Å². The summed E-state index contributed by atoms with van der Waals surface area (Å²) in [5, 5.41) is 6.60. The number of hydrogen-bond acceptors (Lipinski definition) is 8. The fraction of sp³-hybridized carbons (Fsp3) is 0.548. The molecule has 0 spiro atoms. The van der Waals surface area contributed by atoms with Crippen molar-refractivity contribution in [3.05, 3.63) is 63.1 Å². The van der Waals surface area contributed by atoms with Gasteiger partial charge in [0.1, 0.15) is 0 Å². The second-order valence-electron chi connectivity index (χ2n) is 10.7. The van der Waals surface area contributed by atoms with Crippen LogP contribution in [-0.2, 0) is 40.4 Å². The number of rotatable bonds is 20. The molecule has 3 rings (SSSR count). The smallest absolute Gasteiger partial charge is 0.240 e. The van der Waals surface area contributed by atoms with Gasteiger partial charge in [-0.3, -0.25) is 9.59 Å². The lowest BCUT2D eigenvalue weighted by molar-refractivity contribution is -0.126. The third-order valence-electron chi connectivity index (χ3n) is 7.07. The molecule has 250 valence electrons. The van der Waals surface area contributed by atoms with Gasteiger partial charge >= 0.3 is 0 Å². The van der Waals surface area contributed by atoms with Crippen LogP contribution in [0, 0.1) is 0 Å². The number of benzene rings is 2. The van der Waals surface area contributed by atoms with E-state index in [1.165, 1.54) is 0 Å². The van der Waals surface area contributed by atoms with Crippen LogP contribution in [0.25, 0.3) is 0 Å². The second-order valence-corrected chi connectivity index (χ2v) is 13.3. The molecule has 11 nitrogen and oxygen atoms in total. The Morgan fingerprint density at radius 3 is 2.18 bits per heavy atom. The minimum Gasteiger partial charge on any atom is -0.378 e. The number of nitrogens with one attached hydrogen (secondary N) is 3. The monoisotopic (exact) mass is 686 g/mol. The van der Waals surface area contributed by atoms with Crippen molar-refractivity contribution in [2.75, 3.05) is 72.9 Å². The lowest BCUT2D eigenvalue weighted by atomic mass is 9.85. The molecule has 14 heteroatoms. The van der Waals surface area contributed by atoms with Crippen LogP contribution < -0.4 is 15.4 Å². The first-order valence-corrected chi connectivity index (χ1v) is 17.4. The first-order chi connectivity index (χ1) is 21.6. The van der Waals surface area contributed by atoms with E-state index in [1.807, 2.05) is 26.1 Å². The van der Waals surface area contributed by atoms with Gasteiger partial charge in [-0.05, 0) is 54.4 Å². The Hall–Kier alpha value is -2.29. The largest absolute Gasteiger partial charge is 0.378 e. The Bertz CT molecular complexity index is 1360. The van der Waals surface area contributed by atoms with Crippen molar-refractivity contribution in [1.29, 1.82) is 0 Å². The van der Waals surface area contributed by atoms with E-state index in [0.717, 1.165) is 23.1 Å². The highest BCUT2D eigenvalue weighted by Gasteiger charge is 2.28. The van der Waals surface area contributed by atoms with Crippen LogP contribution in [0.1, 0.15) is 48.8 Å². The van der Waals surface area contributed by atoms with Gasteiger partial charge in [0.15, 0.2) is 0 Å². The van der Waals surface area contributed by atoms with Crippen molar-refractivity contribution in [2.45, 2.75) is 43.5 Å². The van der Waals surface area contributed by atoms with E-state index in [2.05, 4.69) is 20.3 Å². The molecule has 0 bridgehead atoms. The van der Waals surface area contributed by atoms with Gasteiger partial charge in [-0.25, -0.2) is 13.1 Å². The predicted molar refractivity (Wildman–Crippen MR) is 174 cm³/mol. The first kappa shape index (κ1) is 37.2. The quantitative estimate of drug-likeness (QED) is 0.181. The molecule has 1 atom stereocenters. The second kappa shape index (κ2) is 19.4. The zero-order chi connectivity index (χ0) is 32.7. The van der Waals surface area contributed by atoms with Gasteiger partial charge in [0, 0.05) is 61.5 Å². The number of fused-ring (bicyclic) bond motifs is 1. The Morgan fingerprint density at radius 1 is 0.889 bits per heavy atom. The Kier molecular flexibility index (Phi) is 16.0. The molecule has 0 saturated heterocycles. The van der Waals surface area contributed by atoms with E-state index in [0.29, 0.717) is 69.3 Å². The van der Waals surface area contributed by atoms with Crippen molar-refractivity contribution in [3.63, 3.8) is 0 Å². The molecule has 1 unspecified atom stereocenters. The van der Waals surface area contributed by atoms with E-state index >= 15 is 0 Å². The SMILES string of the molecule is CCCNC(=O)CCC(=O)NCCOCCOCCOCCNS(=O)(=O)c1cccc(C2CN(C)Cc3c(Cl)cc(Cl)cc32)c1. The first-order valence-electron chi connectivity index (χ1n) is 15.1. The minimum absolute atomic E-state index is 0.0689. The van der Waals surface area contributed by atoms with Crippen LogP contribution in [0.5, 0.6) is 0 Å². The molecule has 0 fully saturated rings. The summed E-state index contributed by atoms with van der Waals surface area (Å²) in [5.74, 6) is -0.384. The molecule has 1 heterocycles. The average molecular weight is 688 g/mol. The van der Waals surface area contributed by atoms with Crippen LogP contribution in [0.3, 0.4) is 0 Å². The van der Waals surface area contributed by atoms with Crippen molar-refractivity contribution in [1.82, 2.24) is 20.3 Å². The number of hydrogen-bond donors (Lipinski definition) is 3. The molecule has 2 amide bonds. The summed E-state index contributed by atoms with van der Waals surface area (Å²) >= 11 is 12.8. The lowest BCUT2D eigenvalue weighted by Gasteiger charge is -2.33. The summed E-state index contributed by atoms with van der Waals surface area (Å²) in [5.41, 5.74) is 2.89. The fourth-order valence-corrected chi connectivity index (χ4v) is 6.47. The number of carbonyl (C=O) groups excluding carboxylic acids is 2. The van der Waals surface area contributed by atoms with Crippen LogP contribution in [0.15, 0.2) is 41.3 Å². The number of amides is 2. The van der Waals surface area contributed by atoms with Crippen LogP contribution >= 0.6 is 23.2 Å². The molecule has 0 aromatic heterocycles. The third kappa shape index (κ3) is 12.8. The van der Waals surface area contributed by atoms with Gasteiger partial charge in [-0.1, -0.05) is 42.3 Å². The van der Waals surface area contributed by atoms with E-state index in [1.54, 1.807) is 24.3 Å². The standard InChI is InChI=1S/C31H44Cl2N4O7S/c1-3-9-34-30(38)7-8-31(39)35-10-12-42-14-16-44-17-15-43-13-11-36-45(40,41)25-6-4-5-23(18-25)27-21-37(2)22-28-26(27)19-24(32)20-29(28)33/h4-6,18-20,27,36H,3,7-17,21-22H2,1-2H3,(H,34,38)(H,35,39). The molecular weight excluding hydrogens is 643 g/mol. The normalized spacial score (nSPS) is 15.1. The predicted octanol–water partition coefficient (Wildman–Crippen LogP) is 3.32. The maximum atomic E-state index is 13.0. The van der Waals surface area contributed by atoms with E-state index < -0.39 is 10.0 Å². The van der Waals surface area contributed by atoms with E-state index in [4.69, 9.17) is 37.4 Å². The number of sulfonamides is 1. The summed E-state index contributed by atoms with van der Waals surface area (Å²) in [7, 11) is -1.74. The van der Waals surface area contributed by atoms with Gasteiger partial charge in [0.05, 0.1) is 44.5 Å². The van der Waals surface area contributed by atoms with Crippen molar-refractivity contribution < 1.29 is 32.2 Å². The van der Waals surface area contributed by atoms with Crippen molar-refractivity contribution in [3.8, 4) is 0 Å². The molecule has 3 N–H and O–H groups in total. The molecule has 0 radical (unpaired) electrons. The van der Waals surface area contributed by atoms with Crippen LogP contribution in [-0.4, -0.2) is 98.0 Å². The molecule has 0 aliphatic carbocycles. The number of halogens is 2. The number of ether oxygens (including phenoxy) is 3. The average Bonchev–Trinajstić information content (AvgIpc) is 3.01. The Balaban J connectivity index is 1.28. The summed E-state index contributed by atoms with van der Waals surface area (Å²) in [4.78, 5) is 25.6. The van der Waals surface area contributed by atoms with E-state index in [-0.39, 0.29) is 48.6 Å². The molecule has 1 aliphatic rings. The Labute approximate surface area is 276 Å². The minimum atomic E-state index is -3.74. The van der Waals surface area contributed by atoms with Gasteiger partial charge in [0.25, 0.3) is 0 Å². The number of carbonyl (C=O) groups is 2. The third-order valence-corrected chi connectivity index (χ3v) is 9.08. The summed E-state index contributed by atoms with van der Waals surface area (Å²) in [6, 6.07) is 10.6. The molecule has 2 aromatic carbocycles. The van der Waals surface area contributed by atoms with Crippen LogP contribution in [0.4, 0.5) is 0 Å². The highest BCUT2D eigenvalue weighted by Crippen LogP contribution is 2.38. The van der Waals surface area contributed by atoms with Gasteiger partial charge in [-0.2, -0.15) is 0 Å². The summed E-state index contributed by atoms with van der Waals surface area (Å²) in [6.07, 6.45) is 1.17. The molecular formula is C31H44Cl2N4O7S. The van der Waals surface area contributed by atoms with Gasteiger partial charge < -0.3 is 29.7 Å². The van der Waals surface area contributed by atoms with E-state index in [9.17, 15) is 18.0 Å².